The van der Waals surface area contributed by atoms with Crippen molar-refractivity contribution in [2.75, 3.05) is 25.5 Å². The Bertz CT molecular complexity index is 227. The summed E-state index contributed by atoms with van der Waals surface area (Å²) in [5.41, 5.74) is 0.573. The van der Waals surface area contributed by atoms with Crippen LogP contribution in [0.25, 0.3) is 0 Å². The molecule has 0 unspecified atom stereocenters. The number of rotatable bonds is 5. The molecular formula is C16H30BrN. The summed E-state index contributed by atoms with van der Waals surface area (Å²) in [5.74, 6) is 0.994. The predicted octanol–water partition coefficient (Wildman–Crippen LogP) is 4.84. The number of hydrogen-bond acceptors (Lipinski definition) is 1. The van der Waals surface area contributed by atoms with Crippen molar-refractivity contribution >= 4 is 15.9 Å². The Morgan fingerprint density at radius 3 is 2.17 bits per heavy atom. The standard InChI is InChI=1S/C16H30BrN/c1-18(12-15-8-4-5-9-15)14-16(13-17)10-6-2-3-7-11-16/h15H,2-14H2,1H3. The fourth-order valence-electron chi connectivity index (χ4n) is 4.08. The van der Waals surface area contributed by atoms with Crippen LogP contribution in [0.2, 0.25) is 0 Å². The zero-order chi connectivity index (χ0) is 12.8. The van der Waals surface area contributed by atoms with Gasteiger partial charge in [0.2, 0.25) is 0 Å². The monoisotopic (exact) mass is 315 g/mol. The van der Waals surface area contributed by atoms with Crippen molar-refractivity contribution in [3.05, 3.63) is 0 Å². The molecule has 2 aliphatic rings. The van der Waals surface area contributed by atoms with Crippen LogP contribution in [-0.2, 0) is 0 Å². The molecule has 0 aromatic heterocycles. The highest BCUT2D eigenvalue weighted by atomic mass is 79.9. The van der Waals surface area contributed by atoms with E-state index >= 15 is 0 Å². The minimum Gasteiger partial charge on any atom is -0.306 e. The van der Waals surface area contributed by atoms with Crippen LogP contribution in [0.15, 0.2) is 0 Å². The molecule has 18 heavy (non-hydrogen) atoms. The van der Waals surface area contributed by atoms with Crippen LogP contribution < -0.4 is 0 Å². The van der Waals surface area contributed by atoms with E-state index in [4.69, 9.17) is 0 Å². The zero-order valence-corrected chi connectivity index (χ0v) is 13.7. The lowest BCUT2D eigenvalue weighted by Crippen LogP contribution is -2.38. The first kappa shape index (κ1) is 14.8. The Labute approximate surface area is 122 Å². The lowest BCUT2D eigenvalue weighted by atomic mass is 9.82. The third-order valence-corrected chi connectivity index (χ3v) is 6.29. The van der Waals surface area contributed by atoms with Gasteiger partial charge in [-0.05, 0) is 44.1 Å². The lowest BCUT2D eigenvalue weighted by Gasteiger charge is -2.36. The summed E-state index contributed by atoms with van der Waals surface area (Å²) >= 11 is 3.82. The Hall–Kier alpha value is 0.440. The van der Waals surface area contributed by atoms with Gasteiger partial charge in [-0.3, -0.25) is 0 Å². The summed E-state index contributed by atoms with van der Waals surface area (Å²) in [4.78, 5) is 2.64. The van der Waals surface area contributed by atoms with Gasteiger partial charge in [0.25, 0.3) is 0 Å². The molecule has 0 aromatic carbocycles. The molecule has 2 rings (SSSR count). The van der Waals surface area contributed by atoms with Gasteiger partial charge in [-0.25, -0.2) is 0 Å². The molecule has 2 fully saturated rings. The van der Waals surface area contributed by atoms with E-state index in [-0.39, 0.29) is 0 Å². The van der Waals surface area contributed by atoms with Crippen LogP contribution in [-0.4, -0.2) is 30.4 Å². The van der Waals surface area contributed by atoms with E-state index in [2.05, 4.69) is 27.9 Å². The first-order chi connectivity index (χ1) is 8.74. The van der Waals surface area contributed by atoms with Crippen molar-refractivity contribution in [2.45, 2.75) is 64.2 Å². The maximum Gasteiger partial charge on any atom is 0.0100 e. The third-order valence-electron chi connectivity index (χ3n) is 5.10. The molecule has 0 saturated heterocycles. The molecule has 2 aliphatic carbocycles. The minimum atomic E-state index is 0.573. The molecule has 0 bridgehead atoms. The second-order valence-electron chi connectivity index (χ2n) is 6.90. The van der Waals surface area contributed by atoms with Gasteiger partial charge in [0.1, 0.15) is 0 Å². The molecular weight excluding hydrogens is 286 g/mol. The molecule has 0 atom stereocenters. The van der Waals surface area contributed by atoms with Gasteiger partial charge in [-0.1, -0.05) is 54.5 Å². The van der Waals surface area contributed by atoms with Crippen molar-refractivity contribution < 1.29 is 0 Å². The van der Waals surface area contributed by atoms with Gasteiger partial charge in [0.15, 0.2) is 0 Å². The summed E-state index contributed by atoms with van der Waals surface area (Å²) in [7, 11) is 2.35. The molecule has 0 N–H and O–H groups in total. The number of nitrogens with zero attached hydrogens (tertiary/aromatic N) is 1. The van der Waals surface area contributed by atoms with E-state index in [1.165, 1.54) is 82.6 Å². The minimum absolute atomic E-state index is 0.573. The molecule has 0 heterocycles. The maximum absolute atomic E-state index is 3.82. The molecule has 106 valence electrons. The van der Waals surface area contributed by atoms with Crippen LogP contribution in [0.5, 0.6) is 0 Å². The van der Waals surface area contributed by atoms with E-state index in [1.807, 2.05) is 0 Å². The Morgan fingerprint density at radius 2 is 1.61 bits per heavy atom. The summed E-state index contributed by atoms with van der Waals surface area (Å²) in [6.45, 7) is 2.66. The van der Waals surface area contributed by atoms with E-state index in [0.29, 0.717) is 5.41 Å². The first-order valence-corrected chi connectivity index (χ1v) is 9.11. The SMILES string of the molecule is CN(CC1CCCC1)CC1(CBr)CCCCCC1. The van der Waals surface area contributed by atoms with Crippen LogP contribution >= 0.6 is 15.9 Å². The molecule has 0 aromatic rings. The molecule has 0 radical (unpaired) electrons. The van der Waals surface area contributed by atoms with Crippen molar-refractivity contribution in [2.24, 2.45) is 11.3 Å². The van der Waals surface area contributed by atoms with Crippen LogP contribution in [0.1, 0.15) is 64.2 Å². The van der Waals surface area contributed by atoms with Crippen LogP contribution in [0.3, 0.4) is 0 Å². The fourth-order valence-corrected chi connectivity index (χ4v) is 4.82. The normalized spacial score (nSPS) is 25.5. The predicted molar refractivity (Wildman–Crippen MR) is 83.4 cm³/mol. The van der Waals surface area contributed by atoms with Crippen molar-refractivity contribution in [3.8, 4) is 0 Å². The lowest BCUT2D eigenvalue weighted by molar-refractivity contribution is 0.159. The summed E-state index contributed by atoms with van der Waals surface area (Å²) in [5, 5.41) is 1.20. The maximum atomic E-state index is 3.82. The summed E-state index contributed by atoms with van der Waals surface area (Å²) < 4.78 is 0. The molecule has 2 saturated carbocycles. The van der Waals surface area contributed by atoms with Gasteiger partial charge in [-0.2, -0.15) is 0 Å². The summed E-state index contributed by atoms with van der Waals surface area (Å²) in [6, 6.07) is 0. The smallest absolute Gasteiger partial charge is 0.0100 e. The highest BCUT2D eigenvalue weighted by molar-refractivity contribution is 9.09. The molecule has 2 heteroatoms. The second-order valence-corrected chi connectivity index (χ2v) is 7.46. The van der Waals surface area contributed by atoms with Crippen molar-refractivity contribution in [1.29, 1.82) is 0 Å². The second kappa shape index (κ2) is 7.28. The number of hydrogen-bond donors (Lipinski definition) is 0. The average molecular weight is 316 g/mol. The van der Waals surface area contributed by atoms with E-state index < -0.39 is 0 Å². The van der Waals surface area contributed by atoms with E-state index in [9.17, 15) is 0 Å². The average Bonchev–Trinajstić information content (AvgIpc) is 2.74. The van der Waals surface area contributed by atoms with Gasteiger partial charge < -0.3 is 4.90 Å². The highest BCUT2D eigenvalue weighted by Crippen LogP contribution is 2.37. The van der Waals surface area contributed by atoms with Crippen molar-refractivity contribution in [1.82, 2.24) is 4.90 Å². The third kappa shape index (κ3) is 4.23. The van der Waals surface area contributed by atoms with Gasteiger partial charge in [0.05, 0.1) is 0 Å². The Balaban J connectivity index is 1.83. The largest absolute Gasteiger partial charge is 0.306 e. The Kier molecular flexibility index (Phi) is 6.00. The summed E-state index contributed by atoms with van der Waals surface area (Å²) in [6.07, 6.45) is 14.6. The molecule has 0 aliphatic heterocycles. The van der Waals surface area contributed by atoms with Gasteiger partial charge in [0, 0.05) is 18.4 Å². The molecule has 0 spiro atoms. The molecule has 0 amide bonds. The number of alkyl halides is 1. The number of halogens is 1. The van der Waals surface area contributed by atoms with E-state index in [0.717, 1.165) is 5.92 Å². The van der Waals surface area contributed by atoms with Crippen LogP contribution in [0, 0.1) is 11.3 Å². The zero-order valence-electron chi connectivity index (χ0n) is 12.1. The highest BCUT2D eigenvalue weighted by Gasteiger charge is 2.31. The van der Waals surface area contributed by atoms with Crippen LogP contribution in [0.4, 0.5) is 0 Å². The van der Waals surface area contributed by atoms with E-state index in [1.54, 1.807) is 0 Å². The molecule has 1 nitrogen and oxygen atoms in total. The topological polar surface area (TPSA) is 3.24 Å². The Morgan fingerprint density at radius 1 is 1.00 bits per heavy atom. The fraction of sp³-hybridized carbons (Fsp3) is 1.00. The van der Waals surface area contributed by atoms with Gasteiger partial charge in [-0.15, -0.1) is 0 Å². The quantitative estimate of drug-likeness (QED) is 0.518. The van der Waals surface area contributed by atoms with Crippen molar-refractivity contribution in [3.63, 3.8) is 0 Å². The van der Waals surface area contributed by atoms with Gasteiger partial charge >= 0.3 is 0 Å². The first-order valence-electron chi connectivity index (χ1n) is 7.99.